The molecule has 0 spiro atoms. The molecule has 0 heterocycles. The molecule has 1 rings (SSSR count). The molecule has 0 fully saturated rings. The van der Waals surface area contributed by atoms with Crippen LogP contribution in [0.25, 0.3) is 0 Å². The van der Waals surface area contributed by atoms with Gasteiger partial charge in [0.05, 0.1) is 8.80 Å². The van der Waals surface area contributed by atoms with Gasteiger partial charge in [0.25, 0.3) is 0 Å². The molecule has 0 saturated carbocycles. The van der Waals surface area contributed by atoms with Gasteiger partial charge in [-0.25, -0.2) is 0 Å². The summed E-state index contributed by atoms with van der Waals surface area (Å²) in [6, 6.07) is 12.3. The predicted molar refractivity (Wildman–Crippen MR) is 52.8 cm³/mol. The molecule has 0 saturated heterocycles. The molecule has 0 atom stereocenters. The van der Waals surface area contributed by atoms with E-state index in [4.69, 9.17) is 0 Å². The fourth-order valence-corrected chi connectivity index (χ4v) is 3.04. The van der Waals surface area contributed by atoms with E-state index in [1.807, 2.05) is 0 Å². The Morgan fingerprint density at radius 1 is 1.18 bits per heavy atom. The van der Waals surface area contributed by atoms with Crippen molar-refractivity contribution in [3.63, 3.8) is 0 Å². The summed E-state index contributed by atoms with van der Waals surface area (Å²) in [7, 11) is -0.218. The molecule has 0 aromatic heterocycles. The van der Waals surface area contributed by atoms with Crippen molar-refractivity contribution in [2.24, 2.45) is 0 Å². The zero-order valence-corrected chi connectivity index (χ0v) is 8.30. The molecule has 0 unspecified atom stereocenters. The highest BCUT2D eigenvalue weighted by molar-refractivity contribution is 6.71. The summed E-state index contributed by atoms with van der Waals surface area (Å²) >= 11 is 0. The van der Waals surface area contributed by atoms with Crippen molar-refractivity contribution in [1.29, 1.82) is 0 Å². The van der Waals surface area contributed by atoms with E-state index in [0.717, 1.165) is 0 Å². The second-order valence-corrected chi connectivity index (χ2v) is 5.53. The molecule has 59 valence electrons. The van der Waals surface area contributed by atoms with Crippen LogP contribution >= 0.6 is 0 Å². The average Bonchev–Trinajstić information content (AvgIpc) is 2.07. The van der Waals surface area contributed by atoms with Crippen molar-refractivity contribution in [3.8, 4) is 0 Å². The molecular formula is C10H15Si. The molecular weight excluding hydrogens is 148 g/mol. The number of hydrogen-bond donors (Lipinski definition) is 0. The third-order valence-corrected chi connectivity index (χ3v) is 4.46. The first-order chi connectivity index (χ1) is 5.34. The maximum absolute atomic E-state index is 2.39. The quantitative estimate of drug-likeness (QED) is 0.600. The molecule has 1 radical (unpaired) electrons. The topological polar surface area (TPSA) is 0 Å². The van der Waals surface area contributed by atoms with Gasteiger partial charge in [0.1, 0.15) is 0 Å². The van der Waals surface area contributed by atoms with Crippen molar-refractivity contribution in [2.45, 2.75) is 25.9 Å². The minimum atomic E-state index is -0.218. The van der Waals surface area contributed by atoms with E-state index in [0.29, 0.717) is 0 Å². The van der Waals surface area contributed by atoms with E-state index in [1.54, 1.807) is 5.19 Å². The van der Waals surface area contributed by atoms with Gasteiger partial charge in [-0.1, -0.05) is 61.5 Å². The van der Waals surface area contributed by atoms with E-state index in [9.17, 15) is 0 Å². The standard InChI is InChI=1S/C10H15Si/c1-3-9-11(2)10-7-5-4-6-8-10/h4-8H,3,9H2,1-2H3. The molecule has 11 heavy (non-hydrogen) atoms. The lowest BCUT2D eigenvalue weighted by atomic mass is 10.4. The smallest absolute Gasteiger partial charge is 0.0669 e. The van der Waals surface area contributed by atoms with Crippen molar-refractivity contribution in [3.05, 3.63) is 30.3 Å². The number of rotatable bonds is 3. The Morgan fingerprint density at radius 3 is 2.36 bits per heavy atom. The third kappa shape index (κ3) is 2.50. The van der Waals surface area contributed by atoms with Gasteiger partial charge in [-0.15, -0.1) is 0 Å². The maximum Gasteiger partial charge on any atom is 0.0823 e. The van der Waals surface area contributed by atoms with Crippen LogP contribution in [-0.2, 0) is 0 Å². The Balaban J connectivity index is 2.61. The van der Waals surface area contributed by atoms with Gasteiger partial charge in [0.2, 0.25) is 0 Å². The van der Waals surface area contributed by atoms with Crippen molar-refractivity contribution in [2.75, 3.05) is 0 Å². The molecule has 0 nitrogen and oxygen atoms in total. The molecule has 0 aliphatic carbocycles. The number of hydrogen-bond acceptors (Lipinski definition) is 0. The van der Waals surface area contributed by atoms with E-state index in [-0.39, 0.29) is 8.80 Å². The van der Waals surface area contributed by atoms with Crippen LogP contribution < -0.4 is 5.19 Å². The number of benzene rings is 1. The van der Waals surface area contributed by atoms with Crippen LogP contribution in [0, 0.1) is 0 Å². The first-order valence-electron chi connectivity index (χ1n) is 4.22. The molecule has 1 aromatic rings. The summed E-state index contributed by atoms with van der Waals surface area (Å²) in [6.45, 7) is 4.65. The van der Waals surface area contributed by atoms with Crippen LogP contribution in [0.1, 0.15) is 13.3 Å². The fourth-order valence-electron chi connectivity index (χ4n) is 1.24. The van der Waals surface area contributed by atoms with Crippen molar-refractivity contribution >= 4 is 14.0 Å². The van der Waals surface area contributed by atoms with Crippen molar-refractivity contribution < 1.29 is 0 Å². The maximum atomic E-state index is 2.39. The van der Waals surface area contributed by atoms with Crippen LogP contribution in [0.15, 0.2) is 30.3 Å². The van der Waals surface area contributed by atoms with Gasteiger partial charge in [0, 0.05) is 0 Å². The highest BCUT2D eigenvalue weighted by Crippen LogP contribution is 1.97. The SMILES string of the molecule is CCC[Si](C)c1ccccc1. The minimum Gasteiger partial charge on any atom is -0.0669 e. The molecule has 0 aliphatic heterocycles. The van der Waals surface area contributed by atoms with E-state index >= 15 is 0 Å². The summed E-state index contributed by atoms with van der Waals surface area (Å²) in [5.41, 5.74) is 0. The second-order valence-electron chi connectivity index (χ2n) is 2.90. The molecule has 1 aromatic carbocycles. The van der Waals surface area contributed by atoms with Crippen molar-refractivity contribution in [1.82, 2.24) is 0 Å². The summed E-state index contributed by atoms with van der Waals surface area (Å²) in [5, 5.41) is 1.57. The summed E-state index contributed by atoms with van der Waals surface area (Å²) in [6.07, 6.45) is 1.32. The van der Waals surface area contributed by atoms with E-state index in [2.05, 4.69) is 43.8 Å². The Bertz CT molecular complexity index is 193. The Labute approximate surface area is 70.9 Å². The zero-order valence-electron chi connectivity index (χ0n) is 7.30. The highest BCUT2D eigenvalue weighted by Gasteiger charge is 2.03. The van der Waals surface area contributed by atoms with Crippen LogP contribution in [-0.4, -0.2) is 8.80 Å². The third-order valence-electron chi connectivity index (χ3n) is 1.89. The Kier molecular flexibility index (Phi) is 3.37. The van der Waals surface area contributed by atoms with Crippen LogP contribution in [0.3, 0.4) is 0 Å². The normalized spacial score (nSPS) is 10.5. The predicted octanol–water partition coefficient (Wildman–Crippen LogP) is 2.43. The molecule has 0 amide bonds. The van der Waals surface area contributed by atoms with Crippen LogP contribution in [0.2, 0.25) is 12.6 Å². The molecule has 0 bridgehead atoms. The van der Waals surface area contributed by atoms with Crippen LogP contribution in [0.4, 0.5) is 0 Å². The van der Waals surface area contributed by atoms with Gasteiger partial charge in [-0.3, -0.25) is 0 Å². The van der Waals surface area contributed by atoms with Gasteiger partial charge in [-0.05, 0) is 0 Å². The highest BCUT2D eigenvalue weighted by atomic mass is 28.3. The van der Waals surface area contributed by atoms with Gasteiger partial charge in [0.15, 0.2) is 0 Å². The minimum absolute atomic E-state index is 0.218. The fraction of sp³-hybridized carbons (Fsp3) is 0.400. The lowest BCUT2D eigenvalue weighted by molar-refractivity contribution is 1.07. The first kappa shape index (κ1) is 8.53. The van der Waals surface area contributed by atoms with E-state index in [1.165, 1.54) is 12.5 Å². The average molecular weight is 163 g/mol. The largest absolute Gasteiger partial charge is 0.0823 e. The lowest BCUT2D eigenvalue weighted by Crippen LogP contribution is -2.25. The van der Waals surface area contributed by atoms with E-state index < -0.39 is 0 Å². The lowest BCUT2D eigenvalue weighted by Gasteiger charge is -2.06. The molecule has 0 N–H and O–H groups in total. The molecule has 1 heteroatoms. The van der Waals surface area contributed by atoms with Gasteiger partial charge < -0.3 is 0 Å². The second kappa shape index (κ2) is 4.34. The summed E-state index contributed by atoms with van der Waals surface area (Å²) in [4.78, 5) is 0. The van der Waals surface area contributed by atoms with Gasteiger partial charge >= 0.3 is 0 Å². The Hall–Kier alpha value is -0.563. The molecule has 0 aliphatic rings. The van der Waals surface area contributed by atoms with Gasteiger partial charge in [-0.2, -0.15) is 0 Å². The van der Waals surface area contributed by atoms with Crippen LogP contribution in [0.5, 0.6) is 0 Å². The zero-order chi connectivity index (χ0) is 8.10. The summed E-state index contributed by atoms with van der Waals surface area (Å²) in [5.74, 6) is 0. The Morgan fingerprint density at radius 2 is 1.82 bits per heavy atom. The first-order valence-corrected chi connectivity index (χ1v) is 6.43. The summed E-state index contributed by atoms with van der Waals surface area (Å²) < 4.78 is 0. The monoisotopic (exact) mass is 163 g/mol.